The van der Waals surface area contributed by atoms with Crippen LogP contribution in [0.25, 0.3) is 0 Å². The standard InChI is InChI=1S/C17H23N3O2S/c1-13(20(2)15-6-4-3-5-7-15)10-18-17(22)19-11-16(21)14-8-9-23-12-14/h3-9,12-13,16,21H,10-11H2,1-2H3,(H2,18,19,22). The number of carbonyl (C=O) groups excluding carboxylic acids is 1. The van der Waals surface area contributed by atoms with Gasteiger partial charge in [0.1, 0.15) is 0 Å². The first-order valence-electron chi connectivity index (χ1n) is 7.57. The first kappa shape index (κ1) is 17.3. The second kappa shape index (κ2) is 8.55. The first-order chi connectivity index (χ1) is 11.1. The summed E-state index contributed by atoms with van der Waals surface area (Å²) in [4.78, 5) is 13.9. The van der Waals surface area contributed by atoms with Crippen LogP contribution in [0.3, 0.4) is 0 Å². The van der Waals surface area contributed by atoms with E-state index in [0.717, 1.165) is 11.3 Å². The quantitative estimate of drug-likeness (QED) is 0.730. The van der Waals surface area contributed by atoms with E-state index in [1.165, 1.54) is 11.3 Å². The molecule has 23 heavy (non-hydrogen) atoms. The van der Waals surface area contributed by atoms with Gasteiger partial charge in [0.05, 0.1) is 6.10 Å². The van der Waals surface area contributed by atoms with E-state index in [4.69, 9.17) is 0 Å². The second-order valence-electron chi connectivity index (χ2n) is 5.46. The van der Waals surface area contributed by atoms with E-state index in [9.17, 15) is 9.90 Å². The van der Waals surface area contributed by atoms with Gasteiger partial charge in [0.15, 0.2) is 0 Å². The first-order valence-corrected chi connectivity index (χ1v) is 8.52. The van der Waals surface area contributed by atoms with Crippen LogP contribution in [0.4, 0.5) is 10.5 Å². The zero-order chi connectivity index (χ0) is 16.7. The van der Waals surface area contributed by atoms with Gasteiger partial charge in [-0.2, -0.15) is 11.3 Å². The molecule has 1 aromatic carbocycles. The van der Waals surface area contributed by atoms with Gasteiger partial charge >= 0.3 is 6.03 Å². The van der Waals surface area contributed by atoms with Crippen molar-refractivity contribution in [3.8, 4) is 0 Å². The number of aliphatic hydroxyl groups excluding tert-OH is 1. The molecule has 3 N–H and O–H groups in total. The maximum Gasteiger partial charge on any atom is 0.314 e. The number of amides is 2. The Morgan fingerprint density at radius 1 is 1.22 bits per heavy atom. The van der Waals surface area contributed by atoms with Gasteiger partial charge in [0.2, 0.25) is 0 Å². The van der Waals surface area contributed by atoms with Gasteiger partial charge in [-0.15, -0.1) is 0 Å². The predicted octanol–water partition coefficient (Wildman–Crippen LogP) is 2.61. The fraction of sp³-hybridized carbons (Fsp3) is 0.353. The molecule has 0 aliphatic carbocycles. The van der Waals surface area contributed by atoms with E-state index in [0.29, 0.717) is 6.54 Å². The third-order valence-electron chi connectivity index (χ3n) is 3.77. The maximum atomic E-state index is 11.8. The fourth-order valence-electron chi connectivity index (χ4n) is 2.13. The Hall–Kier alpha value is -2.05. The van der Waals surface area contributed by atoms with Crippen molar-refractivity contribution in [3.05, 3.63) is 52.7 Å². The third-order valence-corrected chi connectivity index (χ3v) is 4.47. The summed E-state index contributed by atoms with van der Waals surface area (Å²) in [5, 5.41) is 19.2. The Labute approximate surface area is 140 Å². The number of urea groups is 1. The van der Waals surface area contributed by atoms with E-state index in [2.05, 4.69) is 15.5 Å². The largest absolute Gasteiger partial charge is 0.387 e. The van der Waals surface area contributed by atoms with E-state index >= 15 is 0 Å². The summed E-state index contributed by atoms with van der Waals surface area (Å²) in [6, 6.07) is 11.8. The molecule has 0 spiro atoms. The minimum Gasteiger partial charge on any atom is -0.387 e. The Balaban J connectivity index is 1.71. The number of aliphatic hydroxyl groups is 1. The predicted molar refractivity (Wildman–Crippen MR) is 95.0 cm³/mol. The zero-order valence-corrected chi connectivity index (χ0v) is 14.2. The fourth-order valence-corrected chi connectivity index (χ4v) is 2.84. The maximum absolute atomic E-state index is 11.8. The second-order valence-corrected chi connectivity index (χ2v) is 6.24. The molecule has 2 amide bonds. The van der Waals surface area contributed by atoms with Crippen molar-refractivity contribution in [1.29, 1.82) is 0 Å². The summed E-state index contributed by atoms with van der Waals surface area (Å²) in [5.41, 5.74) is 1.93. The highest BCUT2D eigenvalue weighted by Crippen LogP contribution is 2.15. The van der Waals surface area contributed by atoms with Crippen LogP contribution in [-0.4, -0.2) is 37.3 Å². The number of rotatable bonds is 7. The van der Waals surface area contributed by atoms with Gasteiger partial charge in [0, 0.05) is 31.9 Å². The van der Waals surface area contributed by atoms with Crippen LogP contribution in [0.5, 0.6) is 0 Å². The topological polar surface area (TPSA) is 64.6 Å². The van der Waals surface area contributed by atoms with E-state index in [1.807, 2.05) is 61.1 Å². The van der Waals surface area contributed by atoms with Gasteiger partial charge in [-0.3, -0.25) is 0 Å². The number of nitrogens with zero attached hydrogens (tertiary/aromatic N) is 1. The lowest BCUT2D eigenvalue weighted by Gasteiger charge is -2.27. The molecule has 2 rings (SSSR count). The summed E-state index contributed by atoms with van der Waals surface area (Å²) in [5.74, 6) is 0. The number of thiophene rings is 1. The average molecular weight is 333 g/mol. The molecule has 2 atom stereocenters. The van der Waals surface area contributed by atoms with Crippen molar-refractivity contribution >= 4 is 23.1 Å². The van der Waals surface area contributed by atoms with E-state index in [1.54, 1.807) is 0 Å². The number of likely N-dealkylation sites (N-methyl/N-ethyl adjacent to an activating group) is 1. The Morgan fingerprint density at radius 3 is 2.57 bits per heavy atom. The molecule has 124 valence electrons. The van der Waals surface area contributed by atoms with Crippen molar-refractivity contribution < 1.29 is 9.90 Å². The van der Waals surface area contributed by atoms with Crippen LogP contribution >= 0.6 is 11.3 Å². The minimum atomic E-state index is -0.670. The van der Waals surface area contributed by atoms with Crippen molar-refractivity contribution in [2.75, 3.05) is 25.0 Å². The Kier molecular flexibility index (Phi) is 6.43. The third kappa shape index (κ3) is 5.26. The summed E-state index contributed by atoms with van der Waals surface area (Å²) in [6.45, 7) is 2.77. The lowest BCUT2D eigenvalue weighted by atomic mass is 10.2. The van der Waals surface area contributed by atoms with Crippen LogP contribution in [0, 0.1) is 0 Å². The summed E-state index contributed by atoms with van der Waals surface area (Å²) >= 11 is 1.52. The van der Waals surface area contributed by atoms with Crippen molar-refractivity contribution in [1.82, 2.24) is 10.6 Å². The normalized spacial score (nSPS) is 13.2. The molecule has 6 heteroatoms. The van der Waals surface area contributed by atoms with Gasteiger partial charge < -0.3 is 20.6 Å². The molecule has 2 unspecified atom stereocenters. The molecule has 0 aliphatic rings. The smallest absolute Gasteiger partial charge is 0.314 e. The molecule has 5 nitrogen and oxygen atoms in total. The average Bonchev–Trinajstić information content (AvgIpc) is 3.12. The summed E-state index contributed by atoms with van der Waals surface area (Å²) < 4.78 is 0. The van der Waals surface area contributed by atoms with Gasteiger partial charge in [-0.05, 0) is 41.4 Å². The molecule has 0 saturated carbocycles. The SMILES string of the molecule is CC(CNC(=O)NCC(O)c1ccsc1)N(C)c1ccccc1. The molecule has 2 aromatic rings. The van der Waals surface area contributed by atoms with Crippen LogP contribution < -0.4 is 15.5 Å². The number of para-hydroxylation sites is 1. The number of carbonyl (C=O) groups is 1. The van der Waals surface area contributed by atoms with Crippen molar-refractivity contribution in [2.45, 2.75) is 19.1 Å². The van der Waals surface area contributed by atoms with Gasteiger partial charge in [-0.1, -0.05) is 18.2 Å². The molecule has 0 aliphatic heterocycles. The summed E-state index contributed by atoms with van der Waals surface area (Å²) in [7, 11) is 2.00. The molecular formula is C17H23N3O2S. The van der Waals surface area contributed by atoms with Crippen molar-refractivity contribution in [3.63, 3.8) is 0 Å². The highest BCUT2D eigenvalue weighted by Gasteiger charge is 2.13. The van der Waals surface area contributed by atoms with Gasteiger partial charge in [-0.25, -0.2) is 4.79 Å². The molecule has 1 aromatic heterocycles. The number of anilines is 1. The van der Waals surface area contributed by atoms with Crippen molar-refractivity contribution in [2.24, 2.45) is 0 Å². The van der Waals surface area contributed by atoms with Crippen LogP contribution in [0.2, 0.25) is 0 Å². The van der Waals surface area contributed by atoms with E-state index in [-0.39, 0.29) is 18.6 Å². The van der Waals surface area contributed by atoms with E-state index < -0.39 is 6.10 Å². The number of benzene rings is 1. The highest BCUT2D eigenvalue weighted by molar-refractivity contribution is 7.07. The molecule has 1 heterocycles. The minimum absolute atomic E-state index is 0.157. The lowest BCUT2D eigenvalue weighted by Crippen LogP contribution is -2.44. The van der Waals surface area contributed by atoms with Crippen LogP contribution in [0.1, 0.15) is 18.6 Å². The Morgan fingerprint density at radius 2 is 1.91 bits per heavy atom. The number of hydrogen-bond acceptors (Lipinski definition) is 4. The van der Waals surface area contributed by atoms with Crippen LogP contribution in [0.15, 0.2) is 47.2 Å². The summed E-state index contributed by atoms with van der Waals surface area (Å²) in [6.07, 6.45) is -0.670. The molecule has 0 fully saturated rings. The zero-order valence-electron chi connectivity index (χ0n) is 13.4. The highest BCUT2D eigenvalue weighted by atomic mass is 32.1. The van der Waals surface area contributed by atoms with Gasteiger partial charge in [0.25, 0.3) is 0 Å². The molecule has 0 bridgehead atoms. The van der Waals surface area contributed by atoms with Crippen LogP contribution in [-0.2, 0) is 0 Å². The number of hydrogen-bond donors (Lipinski definition) is 3. The molecule has 0 saturated heterocycles. The lowest BCUT2D eigenvalue weighted by molar-refractivity contribution is 0.173. The Bertz CT molecular complexity index is 589. The monoisotopic (exact) mass is 333 g/mol. The number of nitrogens with one attached hydrogen (secondary N) is 2. The molecular weight excluding hydrogens is 310 g/mol. The molecule has 0 radical (unpaired) electrons.